The molecule has 2 aliphatic heterocycles. The number of rotatable bonds is 2. The molecule has 1 aromatic rings. The van der Waals surface area contributed by atoms with E-state index in [0.29, 0.717) is 42.6 Å². The summed E-state index contributed by atoms with van der Waals surface area (Å²) >= 11 is 12.5. The topological polar surface area (TPSA) is 69.7 Å². The third-order valence-electron chi connectivity index (χ3n) is 4.38. The van der Waals surface area contributed by atoms with Crippen molar-refractivity contribution in [3.05, 3.63) is 28.2 Å². The Balaban J connectivity index is 1.56. The number of carbonyl (C=O) groups is 1. The first-order valence-electron chi connectivity index (χ1n) is 7.80. The minimum absolute atomic E-state index is 0.0357. The highest BCUT2D eigenvalue weighted by Crippen LogP contribution is 2.33. The van der Waals surface area contributed by atoms with Crippen LogP contribution in [0.2, 0.25) is 10.0 Å². The summed E-state index contributed by atoms with van der Waals surface area (Å²) in [4.78, 5) is 16.1. The molecule has 2 saturated heterocycles. The molecule has 132 valence electrons. The fourth-order valence-electron chi connectivity index (χ4n) is 3.10. The van der Waals surface area contributed by atoms with Crippen LogP contribution in [0, 0.1) is 0 Å². The van der Waals surface area contributed by atoms with E-state index >= 15 is 0 Å². The summed E-state index contributed by atoms with van der Waals surface area (Å²) < 4.78 is 22.9. The van der Waals surface area contributed by atoms with Crippen molar-refractivity contribution in [2.24, 2.45) is 0 Å². The van der Waals surface area contributed by atoms with E-state index in [-0.39, 0.29) is 23.6 Å². The van der Waals surface area contributed by atoms with Gasteiger partial charge in [0.25, 0.3) is 0 Å². The van der Waals surface area contributed by atoms with E-state index < -0.39 is 9.84 Å². The summed E-state index contributed by atoms with van der Waals surface area (Å²) in [5.41, 5.74) is 0.794. The third-order valence-corrected chi connectivity index (χ3v) is 6.76. The summed E-state index contributed by atoms with van der Waals surface area (Å²) in [6.07, 6.45) is 0.489. The van der Waals surface area contributed by atoms with Gasteiger partial charge in [-0.3, -0.25) is 0 Å². The number of anilines is 1. The first kappa shape index (κ1) is 17.6. The average molecular weight is 392 g/mol. The van der Waals surface area contributed by atoms with E-state index in [2.05, 4.69) is 10.2 Å². The second-order valence-electron chi connectivity index (χ2n) is 6.09. The maximum Gasteiger partial charge on any atom is 0.317 e. The largest absolute Gasteiger partial charge is 0.366 e. The quantitative estimate of drug-likeness (QED) is 0.836. The van der Waals surface area contributed by atoms with Crippen LogP contribution in [0.15, 0.2) is 18.2 Å². The van der Waals surface area contributed by atoms with Gasteiger partial charge in [-0.15, -0.1) is 0 Å². The van der Waals surface area contributed by atoms with Crippen LogP contribution in [0.25, 0.3) is 0 Å². The first-order valence-corrected chi connectivity index (χ1v) is 10.4. The Kier molecular flexibility index (Phi) is 5.13. The predicted octanol–water partition coefficient (Wildman–Crippen LogP) is 2.01. The molecule has 0 saturated carbocycles. The van der Waals surface area contributed by atoms with Crippen LogP contribution in [0.5, 0.6) is 0 Å². The Morgan fingerprint density at radius 1 is 1.12 bits per heavy atom. The molecule has 0 spiro atoms. The summed E-state index contributed by atoms with van der Waals surface area (Å²) in [6, 6.07) is 4.90. The molecule has 0 aliphatic carbocycles. The summed E-state index contributed by atoms with van der Waals surface area (Å²) in [6.45, 7) is 2.32. The van der Waals surface area contributed by atoms with E-state index in [1.54, 1.807) is 23.1 Å². The Morgan fingerprint density at radius 2 is 1.75 bits per heavy atom. The highest BCUT2D eigenvalue weighted by Gasteiger charge is 2.31. The lowest BCUT2D eigenvalue weighted by Crippen LogP contribution is -2.53. The van der Waals surface area contributed by atoms with Crippen molar-refractivity contribution < 1.29 is 13.2 Å². The maximum absolute atomic E-state index is 12.3. The number of hydrogen-bond donors (Lipinski definition) is 1. The Labute approximate surface area is 151 Å². The van der Waals surface area contributed by atoms with E-state index in [4.69, 9.17) is 23.2 Å². The van der Waals surface area contributed by atoms with Gasteiger partial charge in [0.1, 0.15) is 0 Å². The standard InChI is InChI=1S/C15H19Cl2N3O3S/c16-12-2-1-3-13(17)14(12)19-5-7-20(8-6-19)15(21)18-11-4-9-24(22,23)10-11/h1-3,11H,4-10H2,(H,18,21). The van der Waals surface area contributed by atoms with Crippen LogP contribution in [0.4, 0.5) is 10.5 Å². The van der Waals surface area contributed by atoms with Gasteiger partial charge in [0.05, 0.1) is 27.2 Å². The highest BCUT2D eigenvalue weighted by molar-refractivity contribution is 7.91. The van der Waals surface area contributed by atoms with Gasteiger partial charge < -0.3 is 15.1 Å². The van der Waals surface area contributed by atoms with Crippen LogP contribution in [0.3, 0.4) is 0 Å². The molecule has 2 fully saturated rings. The molecule has 2 aliphatic rings. The predicted molar refractivity (Wildman–Crippen MR) is 95.8 cm³/mol. The smallest absolute Gasteiger partial charge is 0.317 e. The molecule has 3 rings (SSSR count). The lowest BCUT2D eigenvalue weighted by Gasteiger charge is -2.37. The van der Waals surface area contributed by atoms with Crippen molar-refractivity contribution in [1.82, 2.24) is 10.2 Å². The molecule has 0 radical (unpaired) electrons. The minimum Gasteiger partial charge on any atom is -0.366 e. The van der Waals surface area contributed by atoms with Crippen molar-refractivity contribution in [3.63, 3.8) is 0 Å². The third kappa shape index (κ3) is 3.90. The number of urea groups is 1. The van der Waals surface area contributed by atoms with Crippen LogP contribution in [-0.2, 0) is 9.84 Å². The van der Waals surface area contributed by atoms with Crippen molar-refractivity contribution in [2.75, 3.05) is 42.6 Å². The molecular weight excluding hydrogens is 373 g/mol. The Bertz CT molecular complexity index is 713. The molecule has 24 heavy (non-hydrogen) atoms. The molecule has 1 unspecified atom stereocenters. The molecule has 2 amide bonds. The lowest BCUT2D eigenvalue weighted by atomic mass is 10.2. The summed E-state index contributed by atoms with van der Waals surface area (Å²) in [5, 5.41) is 4.01. The fraction of sp³-hybridized carbons (Fsp3) is 0.533. The number of sulfone groups is 1. The second-order valence-corrected chi connectivity index (χ2v) is 9.14. The van der Waals surface area contributed by atoms with Gasteiger partial charge in [-0.2, -0.15) is 0 Å². The van der Waals surface area contributed by atoms with Crippen molar-refractivity contribution >= 4 is 44.8 Å². The van der Waals surface area contributed by atoms with Gasteiger partial charge in [-0.25, -0.2) is 13.2 Å². The fourth-order valence-corrected chi connectivity index (χ4v) is 5.41. The number of para-hydroxylation sites is 1. The Hall–Kier alpha value is -1.18. The van der Waals surface area contributed by atoms with Gasteiger partial charge in [0.15, 0.2) is 9.84 Å². The number of nitrogens with one attached hydrogen (secondary N) is 1. The number of carbonyl (C=O) groups excluding carboxylic acids is 1. The van der Waals surface area contributed by atoms with Gasteiger partial charge in [-0.05, 0) is 18.6 Å². The number of piperazine rings is 1. The summed E-state index contributed by atoms with van der Waals surface area (Å²) in [5.74, 6) is 0.185. The number of hydrogen-bond acceptors (Lipinski definition) is 4. The van der Waals surface area contributed by atoms with Crippen LogP contribution in [0.1, 0.15) is 6.42 Å². The van der Waals surface area contributed by atoms with E-state index in [9.17, 15) is 13.2 Å². The molecule has 1 N–H and O–H groups in total. The van der Waals surface area contributed by atoms with Crippen LogP contribution in [-0.4, -0.2) is 63.1 Å². The molecule has 1 atom stereocenters. The number of nitrogens with zero attached hydrogens (tertiary/aromatic N) is 2. The zero-order valence-electron chi connectivity index (χ0n) is 13.0. The molecule has 0 aromatic heterocycles. The van der Waals surface area contributed by atoms with E-state index in [1.165, 1.54) is 0 Å². The zero-order chi connectivity index (χ0) is 17.3. The number of benzene rings is 1. The van der Waals surface area contributed by atoms with Crippen molar-refractivity contribution in [1.29, 1.82) is 0 Å². The lowest BCUT2D eigenvalue weighted by molar-refractivity contribution is 0.191. The van der Waals surface area contributed by atoms with Gasteiger partial charge >= 0.3 is 6.03 Å². The second kappa shape index (κ2) is 6.98. The minimum atomic E-state index is -3.00. The molecule has 9 heteroatoms. The normalized spacial score (nSPS) is 23.3. The molecule has 0 bridgehead atoms. The van der Waals surface area contributed by atoms with Gasteiger partial charge in [0, 0.05) is 32.2 Å². The average Bonchev–Trinajstić information content (AvgIpc) is 2.86. The first-order chi connectivity index (χ1) is 11.4. The van der Waals surface area contributed by atoms with Crippen molar-refractivity contribution in [2.45, 2.75) is 12.5 Å². The van der Waals surface area contributed by atoms with E-state index in [1.807, 2.05) is 0 Å². The zero-order valence-corrected chi connectivity index (χ0v) is 15.4. The number of halogens is 2. The van der Waals surface area contributed by atoms with Crippen LogP contribution < -0.4 is 10.2 Å². The van der Waals surface area contributed by atoms with Gasteiger partial charge in [-0.1, -0.05) is 29.3 Å². The molecule has 2 heterocycles. The SMILES string of the molecule is O=C(NC1CCS(=O)(=O)C1)N1CCN(c2c(Cl)cccc2Cl)CC1. The van der Waals surface area contributed by atoms with Crippen LogP contribution >= 0.6 is 23.2 Å². The molecule has 6 nitrogen and oxygen atoms in total. The monoisotopic (exact) mass is 391 g/mol. The Morgan fingerprint density at radius 3 is 2.29 bits per heavy atom. The maximum atomic E-state index is 12.3. The highest BCUT2D eigenvalue weighted by atomic mass is 35.5. The molecular formula is C15H19Cl2N3O3S. The van der Waals surface area contributed by atoms with Crippen molar-refractivity contribution in [3.8, 4) is 0 Å². The summed E-state index contributed by atoms with van der Waals surface area (Å²) in [7, 11) is -3.00. The van der Waals surface area contributed by atoms with E-state index in [0.717, 1.165) is 5.69 Å². The van der Waals surface area contributed by atoms with Gasteiger partial charge in [0.2, 0.25) is 0 Å². The number of amides is 2. The molecule has 1 aromatic carbocycles.